The van der Waals surface area contributed by atoms with E-state index in [1.54, 1.807) is 19.9 Å². The van der Waals surface area contributed by atoms with Crippen LogP contribution in [-0.4, -0.2) is 67.5 Å². The van der Waals surface area contributed by atoms with Crippen LogP contribution in [0, 0.1) is 34.5 Å². The molecule has 2 heterocycles. The zero-order chi connectivity index (χ0) is 26.2. The minimum atomic E-state index is -1.82. The molecular weight excluding hydrogens is 464 g/mol. The highest BCUT2D eigenvalue weighted by Crippen LogP contribution is 2.74. The molecule has 8 heteroatoms. The summed E-state index contributed by atoms with van der Waals surface area (Å²) in [5, 5.41) is 47.6. The van der Waals surface area contributed by atoms with Gasteiger partial charge in [0.05, 0.1) is 22.5 Å². The number of carbonyl (C=O) groups excluding carboxylic acids is 2. The maximum absolute atomic E-state index is 13.4. The first-order valence-electron chi connectivity index (χ1n) is 13.3. The number of esters is 1. The first-order chi connectivity index (χ1) is 16.7. The van der Waals surface area contributed by atoms with Crippen LogP contribution < -0.4 is 0 Å². The largest absolute Gasteiger partial charge is 0.452 e. The van der Waals surface area contributed by atoms with Crippen molar-refractivity contribution in [3.8, 4) is 0 Å². The number of fused-ring (bicyclic) bond motifs is 4. The number of aliphatic hydroxyl groups excluding tert-OH is 1. The van der Waals surface area contributed by atoms with Crippen LogP contribution in [0.2, 0.25) is 0 Å². The number of hydrogen-bond donors (Lipinski definition) is 4. The van der Waals surface area contributed by atoms with Crippen molar-refractivity contribution >= 4 is 11.8 Å². The van der Waals surface area contributed by atoms with E-state index < -0.39 is 63.9 Å². The van der Waals surface area contributed by atoms with E-state index in [1.165, 1.54) is 6.08 Å². The number of ether oxygens (including phenoxy) is 2. The van der Waals surface area contributed by atoms with Gasteiger partial charge in [-0.15, -0.1) is 0 Å². The van der Waals surface area contributed by atoms with E-state index in [2.05, 4.69) is 0 Å². The Labute approximate surface area is 211 Å². The Morgan fingerprint density at radius 1 is 1.06 bits per heavy atom. The second kappa shape index (κ2) is 7.08. The van der Waals surface area contributed by atoms with Crippen molar-refractivity contribution in [3.05, 3.63) is 23.3 Å². The fraction of sp³-hybridized carbons (Fsp3) is 0.786. The lowest BCUT2D eigenvalue weighted by Gasteiger charge is -2.69. The highest BCUT2D eigenvalue weighted by Gasteiger charge is 2.80. The van der Waals surface area contributed by atoms with Crippen LogP contribution in [0.4, 0.5) is 0 Å². The standard InChI is InChI=1S/C28H38O8/c1-13-14(2)23(31)35-21(13)22-15(3)26(32)10-8-17-16-11-20(30)27(33)9-6-7-19(29)24(27,4)18(16)12-28(34,36-22)25(17,26)5/h6-7,15-18,20-22,30,32-34H,8-12H2,1-5H3/t15-,16?,17?,18?,20-,21-,22+,24+,25+,26-,27+,28+/m1/s1. The smallest absolute Gasteiger partial charge is 0.334 e. The van der Waals surface area contributed by atoms with Crippen LogP contribution in [0.1, 0.15) is 66.7 Å². The van der Waals surface area contributed by atoms with E-state index in [0.29, 0.717) is 24.8 Å². The molecule has 3 saturated carbocycles. The summed E-state index contributed by atoms with van der Waals surface area (Å²) in [6.07, 6.45) is 2.02. The highest BCUT2D eigenvalue weighted by molar-refractivity contribution is 5.97. The molecule has 0 spiro atoms. The Morgan fingerprint density at radius 3 is 2.39 bits per heavy atom. The maximum atomic E-state index is 13.4. The van der Waals surface area contributed by atoms with E-state index in [-0.39, 0.29) is 30.5 Å². The van der Waals surface area contributed by atoms with Gasteiger partial charge < -0.3 is 29.9 Å². The second-order valence-corrected chi connectivity index (χ2v) is 12.9. The van der Waals surface area contributed by atoms with E-state index >= 15 is 0 Å². The predicted octanol–water partition coefficient (Wildman–Crippen LogP) is 1.79. The van der Waals surface area contributed by atoms with Gasteiger partial charge in [-0.05, 0) is 75.9 Å². The van der Waals surface area contributed by atoms with Gasteiger partial charge in [-0.25, -0.2) is 4.79 Å². The molecule has 4 aliphatic carbocycles. The average molecular weight is 503 g/mol. The molecule has 198 valence electrons. The van der Waals surface area contributed by atoms with Gasteiger partial charge in [0.25, 0.3) is 0 Å². The van der Waals surface area contributed by atoms with E-state index in [4.69, 9.17) is 9.47 Å². The van der Waals surface area contributed by atoms with Crippen LogP contribution in [0.25, 0.3) is 0 Å². The molecule has 36 heavy (non-hydrogen) atoms. The molecule has 6 rings (SSSR count). The van der Waals surface area contributed by atoms with Crippen LogP contribution in [-0.2, 0) is 19.1 Å². The van der Waals surface area contributed by atoms with Crippen LogP contribution in [0.3, 0.4) is 0 Å². The van der Waals surface area contributed by atoms with E-state index in [9.17, 15) is 30.0 Å². The van der Waals surface area contributed by atoms with Crippen LogP contribution in [0.5, 0.6) is 0 Å². The molecule has 12 atom stereocenters. The molecular formula is C28H38O8. The Morgan fingerprint density at radius 2 is 1.75 bits per heavy atom. The SMILES string of the molecule is CC1=C(C)[C@H]([C@H]2O[C@@]3(O)CC4C(C[C@@H](O)[C@@]5(O)CC=CC(=O)[C@]45C)C4CC[C@@](O)([C@@H]2C)[C@]43C)OC1=O. The zero-order valence-corrected chi connectivity index (χ0v) is 21.7. The maximum Gasteiger partial charge on any atom is 0.334 e. The lowest BCUT2D eigenvalue weighted by Crippen LogP contribution is -2.78. The quantitative estimate of drug-likeness (QED) is 0.399. The zero-order valence-electron chi connectivity index (χ0n) is 21.7. The molecule has 0 aromatic carbocycles. The molecule has 0 amide bonds. The number of allylic oxidation sites excluding steroid dienone is 1. The molecule has 0 aromatic rings. The molecule has 8 nitrogen and oxygen atoms in total. The second-order valence-electron chi connectivity index (χ2n) is 12.9. The fourth-order valence-electron chi connectivity index (χ4n) is 9.57. The fourth-order valence-corrected chi connectivity index (χ4v) is 9.57. The summed E-state index contributed by atoms with van der Waals surface area (Å²) in [5.74, 6) is -3.82. The van der Waals surface area contributed by atoms with Crippen LogP contribution in [0.15, 0.2) is 23.3 Å². The van der Waals surface area contributed by atoms with Gasteiger partial charge in [0.2, 0.25) is 0 Å². The monoisotopic (exact) mass is 502 g/mol. The highest BCUT2D eigenvalue weighted by atomic mass is 16.7. The predicted molar refractivity (Wildman–Crippen MR) is 127 cm³/mol. The Bertz CT molecular complexity index is 1110. The first-order valence-corrected chi connectivity index (χ1v) is 13.3. The molecule has 0 aromatic heterocycles. The summed E-state index contributed by atoms with van der Waals surface area (Å²) in [6, 6.07) is 0. The number of rotatable bonds is 1. The van der Waals surface area contributed by atoms with Gasteiger partial charge in [0, 0.05) is 17.9 Å². The Kier molecular flexibility index (Phi) is 4.87. The summed E-state index contributed by atoms with van der Waals surface area (Å²) in [6.45, 7) is 8.99. The molecule has 4 N–H and O–H groups in total. The van der Waals surface area contributed by atoms with Crippen molar-refractivity contribution in [2.75, 3.05) is 0 Å². The van der Waals surface area contributed by atoms with Gasteiger partial charge in [0.15, 0.2) is 17.7 Å². The molecule has 0 radical (unpaired) electrons. The molecule has 6 aliphatic rings. The minimum absolute atomic E-state index is 0.0315. The van der Waals surface area contributed by atoms with Crippen molar-refractivity contribution in [2.24, 2.45) is 34.5 Å². The summed E-state index contributed by atoms with van der Waals surface area (Å²) in [7, 11) is 0. The third kappa shape index (κ3) is 2.44. The van der Waals surface area contributed by atoms with E-state index in [1.807, 2.05) is 20.8 Å². The lowest BCUT2D eigenvalue weighted by molar-refractivity contribution is -0.419. The van der Waals surface area contributed by atoms with Gasteiger partial charge in [-0.2, -0.15) is 0 Å². The molecule has 2 aliphatic heterocycles. The van der Waals surface area contributed by atoms with Gasteiger partial charge in [0.1, 0.15) is 11.7 Å². The Hall–Kier alpha value is -1.58. The summed E-state index contributed by atoms with van der Waals surface area (Å²) < 4.78 is 12.2. The average Bonchev–Trinajstić information content (AvgIpc) is 3.25. The molecule has 3 unspecified atom stereocenters. The number of cyclic esters (lactones) is 1. The topological polar surface area (TPSA) is 134 Å². The molecule has 1 saturated heterocycles. The van der Waals surface area contributed by atoms with Gasteiger partial charge >= 0.3 is 5.97 Å². The minimum Gasteiger partial charge on any atom is -0.452 e. The lowest BCUT2D eigenvalue weighted by atomic mass is 9.40. The van der Waals surface area contributed by atoms with Crippen molar-refractivity contribution in [1.82, 2.24) is 0 Å². The third-order valence-electron chi connectivity index (χ3n) is 12.2. The van der Waals surface area contributed by atoms with Crippen molar-refractivity contribution < 1.29 is 39.5 Å². The summed E-state index contributed by atoms with van der Waals surface area (Å²) in [4.78, 5) is 25.8. The summed E-state index contributed by atoms with van der Waals surface area (Å²) >= 11 is 0. The van der Waals surface area contributed by atoms with Crippen molar-refractivity contribution in [1.29, 1.82) is 0 Å². The number of aliphatic hydroxyl groups is 4. The Balaban J connectivity index is 1.48. The first kappa shape index (κ1) is 24.7. The summed E-state index contributed by atoms with van der Waals surface area (Å²) in [5.41, 5.74) is -4.08. The molecule has 0 bridgehead atoms. The van der Waals surface area contributed by atoms with Crippen molar-refractivity contribution in [2.45, 2.75) is 102 Å². The van der Waals surface area contributed by atoms with E-state index in [0.717, 1.165) is 5.57 Å². The number of ketones is 1. The normalized spacial score (nSPS) is 57.9. The van der Waals surface area contributed by atoms with Crippen molar-refractivity contribution in [3.63, 3.8) is 0 Å². The van der Waals surface area contributed by atoms with Gasteiger partial charge in [-0.1, -0.05) is 19.9 Å². The van der Waals surface area contributed by atoms with Crippen LogP contribution >= 0.6 is 0 Å². The molecule has 4 fully saturated rings. The van der Waals surface area contributed by atoms with Gasteiger partial charge in [-0.3, -0.25) is 4.79 Å². The number of carbonyl (C=O) groups is 2. The third-order valence-corrected chi connectivity index (χ3v) is 12.2. The number of hydrogen-bond acceptors (Lipinski definition) is 8.